The minimum Gasteiger partial charge on any atom is -0.313 e. The van der Waals surface area contributed by atoms with E-state index < -0.39 is 23.6 Å². The molecule has 0 spiro atoms. The molecule has 1 heterocycles. The van der Waals surface area contributed by atoms with E-state index in [4.69, 9.17) is 0 Å². The van der Waals surface area contributed by atoms with Gasteiger partial charge in [0.15, 0.2) is 11.6 Å². The number of halogens is 2. The van der Waals surface area contributed by atoms with Crippen LogP contribution in [0.2, 0.25) is 0 Å². The first-order valence-corrected chi connectivity index (χ1v) is 9.25. The normalized spacial score (nSPS) is 11.5. The number of amides is 3. The highest BCUT2D eigenvalue weighted by atomic mass is 19.2. The van der Waals surface area contributed by atoms with Gasteiger partial charge in [0, 0.05) is 36.3 Å². The number of carbonyl (C=O) groups is 2. The number of benzene rings is 1. The van der Waals surface area contributed by atoms with Crippen molar-refractivity contribution in [2.24, 2.45) is 7.05 Å². The van der Waals surface area contributed by atoms with Crippen molar-refractivity contribution in [1.82, 2.24) is 14.7 Å². The Morgan fingerprint density at radius 2 is 1.79 bits per heavy atom. The average molecular weight is 407 g/mol. The zero-order valence-electron chi connectivity index (χ0n) is 17.5. The van der Waals surface area contributed by atoms with Crippen molar-refractivity contribution in [3.63, 3.8) is 0 Å². The molecule has 2 aromatic rings. The number of hydrogen-bond acceptors (Lipinski definition) is 3. The van der Waals surface area contributed by atoms with Gasteiger partial charge in [-0.25, -0.2) is 13.6 Å². The summed E-state index contributed by atoms with van der Waals surface area (Å²) < 4.78 is 28.0. The predicted octanol–water partition coefficient (Wildman–Crippen LogP) is 3.88. The van der Waals surface area contributed by atoms with Crippen molar-refractivity contribution >= 4 is 23.4 Å². The van der Waals surface area contributed by atoms with Gasteiger partial charge in [-0.3, -0.25) is 9.48 Å². The van der Waals surface area contributed by atoms with Crippen LogP contribution < -0.4 is 10.6 Å². The Morgan fingerprint density at radius 1 is 1.14 bits per heavy atom. The summed E-state index contributed by atoms with van der Waals surface area (Å²) in [6, 6.07) is 3.95. The summed E-state index contributed by atoms with van der Waals surface area (Å²) in [4.78, 5) is 26.3. The molecule has 0 atom stereocenters. The van der Waals surface area contributed by atoms with Crippen molar-refractivity contribution in [2.75, 3.05) is 17.2 Å². The maximum atomic E-state index is 13.4. The van der Waals surface area contributed by atoms with Crippen LogP contribution in [-0.4, -0.2) is 39.2 Å². The first-order valence-electron chi connectivity index (χ1n) is 9.25. The first kappa shape index (κ1) is 22.3. The average Bonchev–Trinajstić information content (AvgIpc) is 2.96. The lowest BCUT2D eigenvalue weighted by atomic mass is 9.92. The molecule has 0 aliphatic heterocycles. The first-order chi connectivity index (χ1) is 13.4. The van der Waals surface area contributed by atoms with Crippen LogP contribution in [0.4, 0.5) is 25.1 Å². The largest absolute Gasteiger partial charge is 0.322 e. The van der Waals surface area contributed by atoms with E-state index >= 15 is 0 Å². The molecular formula is C20H27F2N5O2. The third kappa shape index (κ3) is 5.75. The molecule has 2 N–H and O–H groups in total. The lowest BCUT2D eigenvalue weighted by Crippen LogP contribution is -2.44. The van der Waals surface area contributed by atoms with Gasteiger partial charge in [-0.2, -0.15) is 5.10 Å². The van der Waals surface area contributed by atoms with Crippen LogP contribution in [0.25, 0.3) is 0 Å². The zero-order valence-corrected chi connectivity index (χ0v) is 17.5. The van der Waals surface area contributed by atoms with E-state index in [1.54, 1.807) is 31.6 Å². The molecular weight excluding hydrogens is 380 g/mol. The van der Waals surface area contributed by atoms with Gasteiger partial charge in [0.25, 0.3) is 0 Å². The minimum atomic E-state index is -1.07. The van der Waals surface area contributed by atoms with E-state index in [0.29, 0.717) is 5.82 Å². The van der Waals surface area contributed by atoms with Gasteiger partial charge in [-0.1, -0.05) is 20.8 Å². The Morgan fingerprint density at radius 3 is 2.31 bits per heavy atom. The Balaban J connectivity index is 2.07. The molecule has 7 nitrogen and oxygen atoms in total. The second kappa shape index (κ2) is 8.59. The van der Waals surface area contributed by atoms with Crippen molar-refractivity contribution in [1.29, 1.82) is 0 Å². The van der Waals surface area contributed by atoms with Gasteiger partial charge in [-0.05, 0) is 26.0 Å². The van der Waals surface area contributed by atoms with E-state index in [-0.39, 0.29) is 23.7 Å². The number of hydrogen-bond donors (Lipinski definition) is 2. The number of carbonyl (C=O) groups excluding carboxylic acids is 2. The number of rotatable bonds is 5. The second-order valence-electron chi connectivity index (χ2n) is 8.12. The van der Waals surface area contributed by atoms with Gasteiger partial charge in [0.2, 0.25) is 5.91 Å². The fourth-order valence-corrected chi connectivity index (χ4v) is 2.55. The molecule has 3 amide bonds. The van der Waals surface area contributed by atoms with Crippen LogP contribution in [0.15, 0.2) is 24.3 Å². The van der Waals surface area contributed by atoms with Crippen LogP contribution in [0.3, 0.4) is 0 Å². The molecule has 1 aromatic carbocycles. The van der Waals surface area contributed by atoms with Gasteiger partial charge in [-0.15, -0.1) is 0 Å². The lowest BCUT2D eigenvalue weighted by molar-refractivity contribution is -0.117. The number of nitrogens with one attached hydrogen (secondary N) is 2. The van der Waals surface area contributed by atoms with Gasteiger partial charge in [0.05, 0.1) is 5.69 Å². The monoisotopic (exact) mass is 407 g/mol. The van der Waals surface area contributed by atoms with E-state index in [1.807, 2.05) is 20.8 Å². The molecule has 0 unspecified atom stereocenters. The standard InChI is InChI=1S/C20H27F2N5O2/c1-12(2)27(19(29)23-13-7-8-14(21)15(22)9-13)11-18(28)24-17-10-16(20(3,4)5)25-26(17)6/h7-10,12H,11H2,1-6H3,(H,23,29)(H,24,28). The molecule has 0 saturated carbocycles. The highest BCUT2D eigenvalue weighted by Crippen LogP contribution is 2.23. The summed E-state index contributed by atoms with van der Waals surface area (Å²) in [5.74, 6) is -1.95. The highest BCUT2D eigenvalue weighted by molar-refractivity contribution is 5.96. The zero-order chi connectivity index (χ0) is 21.9. The summed E-state index contributed by atoms with van der Waals surface area (Å²) in [6.45, 7) is 9.33. The predicted molar refractivity (Wildman–Crippen MR) is 108 cm³/mol. The van der Waals surface area contributed by atoms with E-state index in [1.165, 1.54) is 11.0 Å². The van der Waals surface area contributed by atoms with Crippen LogP contribution >= 0.6 is 0 Å². The number of nitrogens with zero attached hydrogens (tertiary/aromatic N) is 3. The van der Waals surface area contributed by atoms with Crippen molar-refractivity contribution in [3.8, 4) is 0 Å². The fourth-order valence-electron chi connectivity index (χ4n) is 2.55. The van der Waals surface area contributed by atoms with Gasteiger partial charge in [0.1, 0.15) is 12.4 Å². The third-order valence-corrected chi connectivity index (χ3v) is 4.28. The molecule has 0 fully saturated rings. The third-order valence-electron chi connectivity index (χ3n) is 4.28. The summed E-state index contributed by atoms with van der Waals surface area (Å²) in [5, 5.41) is 9.63. The molecule has 0 radical (unpaired) electrons. The fraction of sp³-hybridized carbons (Fsp3) is 0.450. The number of urea groups is 1. The smallest absolute Gasteiger partial charge is 0.313 e. The lowest BCUT2D eigenvalue weighted by Gasteiger charge is -2.26. The molecule has 0 aliphatic carbocycles. The molecule has 29 heavy (non-hydrogen) atoms. The van der Waals surface area contributed by atoms with Crippen LogP contribution in [-0.2, 0) is 17.3 Å². The van der Waals surface area contributed by atoms with E-state index in [0.717, 1.165) is 17.8 Å². The molecule has 2 rings (SSSR count). The Kier molecular flexibility index (Phi) is 6.61. The molecule has 1 aromatic heterocycles. The van der Waals surface area contributed by atoms with E-state index in [2.05, 4.69) is 15.7 Å². The SMILES string of the molecule is CC(C)N(CC(=O)Nc1cc(C(C)(C)C)nn1C)C(=O)Nc1ccc(F)c(F)c1. The molecule has 9 heteroatoms. The molecule has 158 valence electrons. The van der Waals surface area contributed by atoms with Crippen LogP contribution in [0, 0.1) is 11.6 Å². The van der Waals surface area contributed by atoms with Crippen molar-refractivity contribution < 1.29 is 18.4 Å². The Bertz CT molecular complexity index is 903. The minimum absolute atomic E-state index is 0.0985. The van der Waals surface area contributed by atoms with Crippen molar-refractivity contribution in [3.05, 3.63) is 41.6 Å². The van der Waals surface area contributed by atoms with Gasteiger partial charge >= 0.3 is 6.03 Å². The van der Waals surface area contributed by atoms with Crippen LogP contribution in [0.5, 0.6) is 0 Å². The summed E-state index contributed by atoms with van der Waals surface area (Å²) in [7, 11) is 1.72. The number of aromatic nitrogens is 2. The topological polar surface area (TPSA) is 79.3 Å². The summed E-state index contributed by atoms with van der Waals surface area (Å²) >= 11 is 0. The maximum absolute atomic E-state index is 13.4. The Labute approximate surface area is 169 Å². The summed E-state index contributed by atoms with van der Waals surface area (Å²) in [6.07, 6.45) is 0. The number of aryl methyl sites for hydroxylation is 1. The van der Waals surface area contributed by atoms with Gasteiger partial charge < -0.3 is 15.5 Å². The van der Waals surface area contributed by atoms with E-state index in [9.17, 15) is 18.4 Å². The molecule has 0 saturated heterocycles. The highest BCUT2D eigenvalue weighted by Gasteiger charge is 2.23. The maximum Gasteiger partial charge on any atom is 0.322 e. The second-order valence-corrected chi connectivity index (χ2v) is 8.12. The Hall–Kier alpha value is -2.97. The van der Waals surface area contributed by atoms with Crippen LogP contribution in [0.1, 0.15) is 40.3 Å². The van der Waals surface area contributed by atoms with Crippen molar-refractivity contribution in [2.45, 2.75) is 46.1 Å². The summed E-state index contributed by atoms with van der Waals surface area (Å²) in [5.41, 5.74) is 0.753. The molecule has 0 bridgehead atoms. The molecule has 0 aliphatic rings. The number of anilines is 2. The quantitative estimate of drug-likeness (QED) is 0.790.